The summed E-state index contributed by atoms with van der Waals surface area (Å²) in [7, 11) is 3.39. The molecule has 1 rings (SSSR count). The first-order valence-corrected chi connectivity index (χ1v) is 8.32. The zero-order valence-corrected chi connectivity index (χ0v) is 18.5. The molecule has 0 radical (unpaired) electrons. The average molecular weight is 478 g/mol. The number of amides is 1. The molecule has 1 aromatic carbocycles. The topological polar surface area (TPSA) is 84.0 Å². The average Bonchev–Trinajstić information content (AvgIpc) is 2.54. The summed E-state index contributed by atoms with van der Waals surface area (Å²) < 4.78 is 10.3. The van der Waals surface area contributed by atoms with E-state index in [-0.39, 0.29) is 24.0 Å². The van der Waals surface area contributed by atoms with Gasteiger partial charge in [-0.1, -0.05) is 24.3 Å². The molecule has 0 atom stereocenters. The predicted molar refractivity (Wildman–Crippen MR) is 115 cm³/mol. The number of carbonyl (C=O) groups excluding carboxylic acids is 1. The van der Waals surface area contributed by atoms with Crippen LogP contribution in [0, 0.1) is 0 Å². The van der Waals surface area contributed by atoms with Crippen LogP contribution in [0.3, 0.4) is 0 Å². The highest BCUT2D eigenvalue weighted by atomic mass is 127. The van der Waals surface area contributed by atoms with Crippen molar-refractivity contribution >= 4 is 36.0 Å². The molecular weight excluding hydrogens is 447 g/mol. The molecule has 0 unspecified atom stereocenters. The number of alkyl carbamates (subject to hydrolysis) is 1. The van der Waals surface area contributed by atoms with Gasteiger partial charge < -0.3 is 25.4 Å². The number of methoxy groups -OCH3 is 1. The Morgan fingerprint density at radius 3 is 2.15 bits per heavy atom. The van der Waals surface area contributed by atoms with Gasteiger partial charge in [0.1, 0.15) is 5.60 Å². The minimum atomic E-state index is -0.492. The maximum absolute atomic E-state index is 11.5. The lowest BCUT2D eigenvalue weighted by atomic mass is 10.1. The third-order valence-corrected chi connectivity index (χ3v) is 3.10. The molecule has 0 spiro atoms. The number of carbonyl (C=O) groups is 1. The van der Waals surface area contributed by atoms with E-state index in [1.807, 2.05) is 32.9 Å². The predicted octanol–water partition coefficient (Wildman–Crippen LogP) is 2.64. The summed E-state index contributed by atoms with van der Waals surface area (Å²) >= 11 is 0. The molecular formula is C18H31IN4O3. The highest BCUT2D eigenvalue weighted by Crippen LogP contribution is 2.06. The normalized spacial score (nSPS) is 11.3. The van der Waals surface area contributed by atoms with Gasteiger partial charge in [-0.15, -0.1) is 24.0 Å². The molecule has 1 amide bonds. The number of nitrogens with one attached hydrogen (secondary N) is 3. The van der Waals surface area contributed by atoms with Crippen molar-refractivity contribution in [2.45, 2.75) is 39.5 Å². The zero-order chi connectivity index (χ0) is 18.7. The number of hydrogen-bond acceptors (Lipinski definition) is 4. The van der Waals surface area contributed by atoms with E-state index >= 15 is 0 Å². The Hall–Kier alpha value is -1.55. The fourth-order valence-electron chi connectivity index (χ4n) is 1.99. The molecule has 0 aliphatic rings. The monoisotopic (exact) mass is 478 g/mol. The van der Waals surface area contributed by atoms with E-state index in [0.29, 0.717) is 32.2 Å². The number of halogens is 1. The van der Waals surface area contributed by atoms with E-state index in [4.69, 9.17) is 9.47 Å². The second-order valence-corrected chi connectivity index (χ2v) is 6.53. The van der Waals surface area contributed by atoms with Gasteiger partial charge >= 0.3 is 6.09 Å². The smallest absolute Gasteiger partial charge is 0.407 e. The SMILES string of the molecule is CN=C(NCCNC(=O)OC(C)(C)C)NCc1ccc(COC)cc1.I. The number of aliphatic imine (C=N–C) groups is 1. The van der Waals surface area contributed by atoms with Crippen LogP contribution >= 0.6 is 24.0 Å². The van der Waals surface area contributed by atoms with Gasteiger partial charge in [0.2, 0.25) is 0 Å². The Balaban J connectivity index is 0.00000625. The van der Waals surface area contributed by atoms with Crippen molar-refractivity contribution in [3.63, 3.8) is 0 Å². The number of ether oxygens (including phenoxy) is 2. The Bertz CT molecular complexity index is 557. The summed E-state index contributed by atoms with van der Waals surface area (Å²) in [6, 6.07) is 8.19. The standard InChI is InChI=1S/C18H30N4O3.HI/c1-18(2,3)25-17(23)21-11-10-20-16(19-4)22-12-14-6-8-15(9-7-14)13-24-5;/h6-9H,10-13H2,1-5H3,(H,21,23)(H2,19,20,22);1H. The molecule has 0 bridgehead atoms. The number of rotatable bonds is 7. The fourth-order valence-corrected chi connectivity index (χ4v) is 1.99. The largest absolute Gasteiger partial charge is 0.444 e. The van der Waals surface area contributed by atoms with Crippen molar-refractivity contribution in [2.24, 2.45) is 4.99 Å². The molecule has 148 valence electrons. The fraction of sp³-hybridized carbons (Fsp3) is 0.556. The number of nitrogens with zero attached hydrogens (tertiary/aromatic N) is 1. The van der Waals surface area contributed by atoms with Crippen molar-refractivity contribution in [3.05, 3.63) is 35.4 Å². The first kappa shape index (κ1) is 24.5. The van der Waals surface area contributed by atoms with E-state index in [1.54, 1.807) is 14.2 Å². The molecule has 0 saturated carbocycles. The Labute approximate surface area is 173 Å². The molecule has 0 saturated heterocycles. The van der Waals surface area contributed by atoms with Gasteiger partial charge in [-0.05, 0) is 31.9 Å². The number of benzene rings is 1. The zero-order valence-electron chi connectivity index (χ0n) is 16.2. The summed E-state index contributed by atoms with van der Waals surface area (Å²) in [6.45, 7) is 7.76. The molecule has 0 heterocycles. The van der Waals surface area contributed by atoms with E-state index < -0.39 is 11.7 Å². The van der Waals surface area contributed by atoms with Crippen LogP contribution in [0.15, 0.2) is 29.3 Å². The maximum Gasteiger partial charge on any atom is 0.407 e. The molecule has 3 N–H and O–H groups in total. The summed E-state index contributed by atoms with van der Waals surface area (Å²) in [5, 5.41) is 9.06. The van der Waals surface area contributed by atoms with Gasteiger partial charge in [-0.3, -0.25) is 4.99 Å². The second kappa shape index (κ2) is 12.7. The molecule has 7 nitrogen and oxygen atoms in total. The molecule has 1 aromatic rings. The Kier molecular flexibility index (Phi) is 12.0. The van der Waals surface area contributed by atoms with Crippen LogP contribution in [0.25, 0.3) is 0 Å². The van der Waals surface area contributed by atoms with Gasteiger partial charge in [0.25, 0.3) is 0 Å². The summed E-state index contributed by atoms with van der Waals surface area (Å²) in [5.74, 6) is 0.673. The van der Waals surface area contributed by atoms with Crippen molar-refractivity contribution in [2.75, 3.05) is 27.2 Å². The minimum absolute atomic E-state index is 0. The third-order valence-electron chi connectivity index (χ3n) is 3.10. The van der Waals surface area contributed by atoms with Crippen molar-refractivity contribution in [1.82, 2.24) is 16.0 Å². The molecule has 0 aliphatic heterocycles. The molecule has 0 fully saturated rings. The lowest BCUT2D eigenvalue weighted by molar-refractivity contribution is 0.0529. The first-order valence-electron chi connectivity index (χ1n) is 8.32. The minimum Gasteiger partial charge on any atom is -0.444 e. The molecule has 0 aliphatic carbocycles. The van der Waals surface area contributed by atoms with Crippen molar-refractivity contribution in [1.29, 1.82) is 0 Å². The maximum atomic E-state index is 11.5. The Morgan fingerprint density at radius 2 is 1.62 bits per heavy atom. The van der Waals surface area contributed by atoms with Crippen LogP contribution in [0.2, 0.25) is 0 Å². The van der Waals surface area contributed by atoms with Gasteiger partial charge in [-0.2, -0.15) is 0 Å². The van der Waals surface area contributed by atoms with Gasteiger partial charge in [0.05, 0.1) is 6.61 Å². The summed E-state index contributed by atoms with van der Waals surface area (Å²) in [6.07, 6.45) is -0.423. The van der Waals surface area contributed by atoms with Crippen molar-refractivity contribution in [3.8, 4) is 0 Å². The summed E-state index contributed by atoms with van der Waals surface area (Å²) in [4.78, 5) is 15.7. The van der Waals surface area contributed by atoms with Crippen LogP contribution in [-0.4, -0.2) is 44.9 Å². The van der Waals surface area contributed by atoms with Gasteiger partial charge in [0, 0.05) is 33.8 Å². The number of guanidine groups is 1. The lowest BCUT2D eigenvalue weighted by Crippen LogP contribution is -2.42. The molecule has 26 heavy (non-hydrogen) atoms. The quantitative estimate of drug-likeness (QED) is 0.243. The lowest BCUT2D eigenvalue weighted by Gasteiger charge is -2.20. The number of hydrogen-bond donors (Lipinski definition) is 3. The second-order valence-electron chi connectivity index (χ2n) is 6.53. The van der Waals surface area contributed by atoms with Crippen LogP contribution in [-0.2, 0) is 22.6 Å². The van der Waals surface area contributed by atoms with Crippen LogP contribution < -0.4 is 16.0 Å². The van der Waals surface area contributed by atoms with E-state index in [2.05, 4.69) is 33.1 Å². The van der Waals surface area contributed by atoms with E-state index in [1.165, 1.54) is 0 Å². The van der Waals surface area contributed by atoms with Crippen molar-refractivity contribution < 1.29 is 14.3 Å². The van der Waals surface area contributed by atoms with Gasteiger partial charge in [-0.25, -0.2) is 4.79 Å². The van der Waals surface area contributed by atoms with Gasteiger partial charge in [0.15, 0.2) is 5.96 Å². The highest BCUT2D eigenvalue weighted by molar-refractivity contribution is 14.0. The van der Waals surface area contributed by atoms with Crippen LogP contribution in [0.1, 0.15) is 31.9 Å². The van der Waals surface area contributed by atoms with E-state index in [0.717, 1.165) is 11.1 Å². The highest BCUT2D eigenvalue weighted by Gasteiger charge is 2.15. The van der Waals surface area contributed by atoms with E-state index in [9.17, 15) is 4.79 Å². The first-order chi connectivity index (χ1) is 11.8. The summed E-state index contributed by atoms with van der Waals surface area (Å²) in [5.41, 5.74) is 1.80. The van der Waals surface area contributed by atoms with Crippen LogP contribution in [0.5, 0.6) is 0 Å². The Morgan fingerprint density at radius 1 is 1.04 bits per heavy atom. The molecule has 8 heteroatoms. The third kappa shape index (κ3) is 11.1. The molecule has 0 aromatic heterocycles. The van der Waals surface area contributed by atoms with Crippen LogP contribution in [0.4, 0.5) is 4.79 Å².